The fourth-order valence-corrected chi connectivity index (χ4v) is 2.40. The van der Waals surface area contributed by atoms with Crippen LogP contribution in [-0.4, -0.2) is 22.5 Å². The number of rotatable bonds is 6. The van der Waals surface area contributed by atoms with Crippen LogP contribution in [0.5, 0.6) is 5.75 Å². The number of carbonyl (C=O) groups excluding carboxylic acids is 1. The number of hydrogen-bond donors (Lipinski definition) is 2. The molecule has 3 aromatic rings. The predicted molar refractivity (Wildman–Crippen MR) is 102 cm³/mol. The van der Waals surface area contributed by atoms with Gasteiger partial charge in [0.1, 0.15) is 5.75 Å². The first-order valence-corrected chi connectivity index (χ1v) is 8.40. The highest BCUT2D eigenvalue weighted by Crippen LogP contribution is 2.19. The molecule has 2 aromatic carbocycles. The fraction of sp³-hybridized carbons (Fsp3) is 0.105. The molecule has 6 nitrogen and oxygen atoms in total. The Labute approximate surface area is 156 Å². The summed E-state index contributed by atoms with van der Waals surface area (Å²) in [6, 6.07) is 14.4. The van der Waals surface area contributed by atoms with Gasteiger partial charge in [-0.3, -0.25) is 4.79 Å². The molecule has 1 heterocycles. The zero-order valence-corrected chi connectivity index (χ0v) is 14.8. The van der Waals surface area contributed by atoms with Crippen LogP contribution in [0.15, 0.2) is 60.9 Å². The van der Waals surface area contributed by atoms with Crippen LogP contribution in [0.1, 0.15) is 17.3 Å². The van der Waals surface area contributed by atoms with Gasteiger partial charge >= 0.3 is 0 Å². The molecule has 0 aliphatic heterocycles. The summed E-state index contributed by atoms with van der Waals surface area (Å²) in [5, 5.41) is 6.37. The maximum absolute atomic E-state index is 12.2. The van der Waals surface area contributed by atoms with Gasteiger partial charge in [0.2, 0.25) is 5.95 Å². The first kappa shape index (κ1) is 17.7. The van der Waals surface area contributed by atoms with Crippen LogP contribution in [0.4, 0.5) is 17.3 Å². The van der Waals surface area contributed by atoms with Crippen LogP contribution < -0.4 is 15.4 Å². The standard InChI is InChI=1S/C19H17ClN4O2/c1-2-26-17-8-6-15(7-9-17)24-19-21-11-13(12-22-19)18(25)23-16-5-3-4-14(20)10-16/h3-12H,2H2,1H3,(H,23,25)(H,21,22,24). The number of nitrogens with zero attached hydrogens (tertiary/aromatic N) is 2. The number of hydrogen-bond acceptors (Lipinski definition) is 5. The number of nitrogens with one attached hydrogen (secondary N) is 2. The molecule has 26 heavy (non-hydrogen) atoms. The largest absolute Gasteiger partial charge is 0.494 e. The number of anilines is 3. The van der Waals surface area contributed by atoms with Crippen molar-refractivity contribution in [1.82, 2.24) is 9.97 Å². The summed E-state index contributed by atoms with van der Waals surface area (Å²) in [7, 11) is 0. The average molecular weight is 369 g/mol. The molecule has 0 unspecified atom stereocenters. The molecule has 0 spiro atoms. The number of aromatic nitrogens is 2. The van der Waals surface area contributed by atoms with E-state index in [1.54, 1.807) is 24.3 Å². The maximum atomic E-state index is 12.2. The summed E-state index contributed by atoms with van der Waals surface area (Å²) in [5.74, 6) is 0.889. The smallest absolute Gasteiger partial charge is 0.258 e. The molecule has 0 saturated heterocycles. The van der Waals surface area contributed by atoms with Gasteiger partial charge in [0, 0.05) is 28.8 Å². The quantitative estimate of drug-likeness (QED) is 0.668. The molecular weight excluding hydrogens is 352 g/mol. The van der Waals surface area contributed by atoms with E-state index in [0.29, 0.717) is 28.8 Å². The van der Waals surface area contributed by atoms with Crippen LogP contribution in [0.3, 0.4) is 0 Å². The Hall–Kier alpha value is -3.12. The highest BCUT2D eigenvalue weighted by molar-refractivity contribution is 6.30. The second-order valence-electron chi connectivity index (χ2n) is 5.34. The van der Waals surface area contributed by atoms with E-state index in [-0.39, 0.29) is 5.91 Å². The minimum absolute atomic E-state index is 0.306. The van der Waals surface area contributed by atoms with Crippen molar-refractivity contribution in [2.24, 2.45) is 0 Å². The molecule has 0 saturated carbocycles. The van der Waals surface area contributed by atoms with Crippen molar-refractivity contribution >= 4 is 34.8 Å². The van der Waals surface area contributed by atoms with E-state index >= 15 is 0 Å². The SMILES string of the molecule is CCOc1ccc(Nc2ncc(C(=O)Nc3cccc(Cl)c3)cn2)cc1. The highest BCUT2D eigenvalue weighted by Gasteiger charge is 2.08. The number of benzene rings is 2. The normalized spacial score (nSPS) is 10.2. The second-order valence-corrected chi connectivity index (χ2v) is 5.78. The van der Waals surface area contributed by atoms with Gasteiger partial charge in [-0.1, -0.05) is 17.7 Å². The lowest BCUT2D eigenvalue weighted by molar-refractivity contribution is 0.102. The third kappa shape index (κ3) is 4.70. The van der Waals surface area contributed by atoms with E-state index in [2.05, 4.69) is 20.6 Å². The molecule has 0 radical (unpaired) electrons. The molecule has 2 N–H and O–H groups in total. The van der Waals surface area contributed by atoms with Gasteiger partial charge < -0.3 is 15.4 Å². The first-order valence-electron chi connectivity index (χ1n) is 8.03. The number of halogens is 1. The third-order valence-electron chi connectivity index (χ3n) is 3.42. The summed E-state index contributed by atoms with van der Waals surface area (Å²) in [6.07, 6.45) is 2.92. The molecule has 1 amide bonds. The van der Waals surface area contributed by atoms with Gasteiger partial charge in [0.15, 0.2) is 0 Å². The first-order chi connectivity index (χ1) is 12.6. The van der Waals surface area contributed by atoms with E-state index < -0.39 is 0 Å². The van der Waals surface area contributed by atoms with E-state index in [9.17, 15) is 4.79 Å². The van der Waals surface area contributed by atoms with Gasteiger partial charge in [0.05, 0.1) is 12.2 Å². The Kier molecular flexibility index (Phi) is 5.66. The highest BCUT2D eigenvalue weighted by atomic mass is 35.5. The van der Waals surface area contributed by atoms with Crippen LogP contribution in [-0.2, 0) is 0 Å². The summed E-state index contributed by atoms with van der Waals surface area (Å²) < 4.78 is 5.40. The van der Waals surface area contributed by atoms with Crippen LogP contribution in [0, 0.1) is 0 Å². The Bertz CT molecular complexity index is 883. The average Bonchev–Trinajstić information content (AvgIpc) is 2.64. The number of amides is 1. The zero-order valence-electron chi connectivity index (χ0n) is 14.1. The molecule has 1 aromatic heterocycles. The van der Waals surface area contributed by atoms with Gasteiger partial charge in [0.25, 0.3) is 5.91 Å². The Morgan fingerprint density at radius 1 is 1.08 bits per heavy atom. The molecule has 0 aliphatic rings. The van der Waals surface area contributed by atoms with Crippen molar-refractivity contribution in [3.05, 3.63) is 71.5 Å². The van der Waals surface area contributed by atoms with Crippen molar-refractivity contribution in [2.75, 3.05) is 17.2 Å². The van der Waals surface area contributed by atoms with Crippen molar-refractivity contribution < 1.29 is 9.53 Å². The molecule has 0 bridgehead atoms. The lowest BCUT2D eigenvalue weighted by Crippen LogP contribution is -2.13. The minimum atomic E-state index is -0.306. The molecule has 7 heteroatoms. The summed E-state index contributed by atoms with van der Waals surface area (Å²) >= 11 is 5.91. The Morgan fingerprint density at radius 3 is 2.46 bits per heavy atom. The number of ether oxygens (including phenoxy) is 1. The molecular formula is C19H17ClN4O2. The fourth-order valence-electron chi connectivity index (χ4n) is 2.21. The second kappa shape index (κ2) is 8.31. The maximum Gasteiger partial charge on any atom is 0.258 e. The summed E-state index contributed by atoms with van der Waals surface area (Å²) in [5.41, 5.74) is 1.78. The topological polar surface area (TPSA) is 76.1 Å². The van der Waals surface area contributed by atoms with E-state index in [0.717, 1.165) is 11.4 Å². The van der Waals surface area contributed by atoms with Crippen molar-refractivity contribution in [3.8, 4) is 5.75 Å². The van der Waals surface area contributed by atoms with Gasteiger partial charge in [-0.05, 0) is 49.4 Å². The van der Waals surface area contributed by atoms with E-state index in [1.807, 2.05) is 31.2 Å². The van der Waals surface area contributed by atoms with Crippen molar-refractivity contribution in [2.45, 2.75) is 6.92 Å². The van der Waals surface area contributed by atoms with Crippen molar-refractivity contribution in [3.63, 3.8) is 0 Å². The van der Waals surface area contributed by atoms with Crippen LogP contribution in [0.25, 0.3) is 0 Å². The van der Waals surface area contributed by atoms with Gasteiger partial charge in [-0.15, -0.1) is 0 Å². The van der Waals surface area contributed by atoms with Crippen molar-refractivity contribution in [1.29, 1.82) is 0 Å². The molecule has 3 rings (SSSR count). The van der Waals surface area contributed by atoms with Gasteiger partial charge in [-0.25, -0.2) is 9.97 Å². The third-order valence-corrected chi connectivity index (χ3v) is 3.65. The lowest BCUT2D eigenvalue weighted by Gasteiger charge is -2.08. The minimum Gasteiger partial charge on any atom is -0.494 e. The Morgan fingerprint density at radius 2 is 1.81 bits per heavy atom. The van der Waals surface area contributed by atoms with Crippen LogP contribution in [0.2, 0.25) is 5.02 Å². The van der Waals surface area contributed by atoms with Gasteiger partial charge in [-0.2, -0.15) is 0 Å². The summed E-state index contributed by atoms with van der Waals surface area (Å²) in [6.45, 7) is 2.55. The monoisotopic (exact) mass is 368 g/mol. The van der Waals surface area contributed by atoms with E-state index in [1.165, 1.54) is 12.4 Å². The molecule has 0 fully saturated rings. The molecule has 0 aliphatic carbocycles. The predicted octanol–water partition coefficient (Wildman–Crippen LogP) is 4.52. The van der Waals surface area contributed by atoms with Crippen LogP contribution >= 0.6 is 11.6 Å². The molecule has 132 valence electrons. The van der Waals surface area contributed by atoms with E-state index in [4.69, 9.17) is 16.3 Å². The summed E-state index contributed by atoms with van der Waals surface area (Å²) in [4.78, 5) is 20.6. The number of carbonyl (C=O) groups is 1. The molecule has 0 atom stereocenters. The Balaban J connectivity index is 1.63. The lowest BCUT2D eigenvalue weighted by atomic mass is 10.3. The zero-order chi connectivity index (χ0) is 18.4.